The highest BCUT2D eigenvalue weighted by molar-refractivity contribution is 7.99. The molecule has 0 aromatic heterocycles. The molecule has 0 saturated carbocycles. The Morgan fingerprint density at radius 1 is 0.611 bits per heavy atom. The number of ether oxygens (including phenoxy) is 4. The van der Waals surface area contributed by atoms with Crippen LogP contribution < -0.4 is 19.3 Å². The maximum atomic E-state index is 13.9. The number of carbonyl (C=O) groups excluding carboxylic acids is 2. The second-order valence-corrected chi connectivity index (χ2v) is 24.9. The van der Waals surface area contributed by atoms with Crippen molar-refractivity contribution in [3.05, 3.63) is 84.9 Å². The molecule has 6 rings (SSSR count). The molecule has 2 aliphatic rings. The number of aliphatic hydroxyl groups is 2. The Kier molecular flexibility index (Phi) is 20.1. The van der Waals surface area contributed by atoms with Crippen LogP contribution in [0.15, 0.2) is 105 Å². The number of thioether (sulfide) groups is 2. The summed E-state index contributed by atoms with van der Waals surface area (Å²) in [7, 11) is -4.97. The number of benzene rings is 4. The molecule has 0 saturated heterocycles. The second-order valence-electron chi connectivity index (χ2n) is 19.3. The monoisotopic (exact) mass is 1070 g/mol. The second kappa shape index (κ2) is 24.7. The number of carbonyl (C=O) groups is 2. The van der Waals surface area contributed by atoms with Gasteiger partial charge in [-0.05, 0) is 88.4 Å². The first-order chi connectivity index (χ1) is 34.0. The number of nitrogens with zero attached hydrogens (tertiary/aromatic N) is 2. The zero-order chi connectivity index (χ0) is 53.1. The summed E-state index contributed by atoms with van der Waals surface area (Å²) in [6.07, 6.45) is 10.8. The molecule has 0 amide bonds. The lowest BCUT2D eigenvalue weighted by Gasteiger charge is -2.36. The average molecular weight is 1070 g/mol. The SMILES string of the molecule is CCCCC1(CC)CN(c2ccccc2)c2cc(SC)c(OC[C@@](C)(O)C(=O)OC)cc2S(=O)(=O)C1.CCCCC1(CC)CN(c2ccccc2)c2cc(SC)c(OC[C@](C)(O)C(=O)OC)cc2S(=O)(=O)C1. The van der Waals surface area contributed by atoms with Gasteiger partial charge in [0.15, 0.2) is 30.9 Å². The summed E-state index contributed by atoms with van der Waals surface area (Å²) in [6, 6.07) is 26.5. The topological polar surface area (TPSA) is 186 Å². The van der Waals surface area contributed by atoms with E-state index < -0.39 is 53.6 Å². The lowest BCUT2D eigenvalue weighted by molar-refractivity contribution is -0.163. The van der Waals surface area contributed by atoms with Gasteiger partial charge >= 0.3 is 11.9 Å². The van der Waals surface area contributed by atoms with E-state index in [1.165, 1.54) is 51.6 Å². The molecule has 14 nitrogen and oxygen atoms in total. The molecule has 0 fully saturated rings. The summed E-state index contributed by atoms with van der Waals surface area (Å²) in [6.45, 7) is 11.4. The molecule has 2 aliphatic heterocycles. The fraction of sp³-hybridized carbons (Fsp3) is 0.519. The molecule has 2 N–H and O–H groups in total. The largest absolute Gasteiger partial charge is 0.489 e. The van der Waals surface area contributed by atoms with Gasteiger partial charge in [0.25, 0.3) is 0 Å². The number of methoxy groups -OCH3 is 2. The Hall–Kier alpha value is -4.46. The Balaban J connectivity index is 0.000000267. The minimum atomic E-state index is -3.68. The number of fused-ring (bicyclic) bond motifs is 2. The Morgan fingerprint density at radius 3 is 1.25 bits per heavy atom. The van der Waals surface area contributed by atoms with E-state index in [4.69, 9.17) is 9.47 Å². The zero-order valence-electron chi connectivity index (χ0n) is 43.5. The van der Waals surface area contributed by atoms with Crippen LogP contribution in [0.1, 0.15) is 92.9 Å². The molecule has 4 aromatic rings. The third kappa shape index (κ3) is 13.6. The highest BCUT2D eigenvalue weighted by Crippen LogP contribution is 2.49. The van der Waals surface area contributed by atoms with Crippen LogP contribution in [0.2, 0.25) is 0 Å². The number of anilines is 4. The van der Waals surface area contributed by atoms with Crippen molar-refractivity contribution in [3.63, 3.8) is 0 Å². The summed E-state index contributed by atoms with van der Waals surface area (Å²) in [5.74, 6) is -0.946. The predicted octanol–water partition coefficient (Wildman–Crippen LogP) is 10.4. The van der Waals surface area contributed by atoms with E-state index in [1.807, 2.05) is 85.3 Å². The minimum absolute atomic E-state index is 0.0464. The standard InChI is InChI=1S/2C27H37NO6S2/c2*1-6-8-14-27(7-2)17-28(20-12-10-9-11-13-20)21-15-23(35-5)22(16-24(21)36(31,32)19-27)34-18-26(3,30)25(29)33-4/h2*9-13,15-16,30H,6-8,14,17-19H2,1-5H3/t2*26-,27?/m10/s1. The van der Waals surface area contributed by atoms with Gasteiger partial charge in [0.2, 0.25) is 0 Å². The molecule has 0 radical (unpaired) electrons. The molecule has 396 valence electrons. The van der Waals surface area contributed by atoms with Crippen LogP contribution in [-0.2, 0) is 38.7 Å². The van der Waals surface area contributed by atoms with Crippen LogP contribution in [0.4, 0.5) is 22.7 Å². The van der Waals surface area contributed by atoms with Crippen LogP contribution >= 0.6 is 23.5 Å². The molecule has 2 unspecified atom stereocenters. The molecule has 2 heterocycles. The van der Waals surface area contributed by atoms with E-state index in [1.54, 1.807) is 12.1 Å². The van der Waals surface area contributed by atoms with Crippen molar-refractivity contribution < 1.29 is 55.6 Å². The predicted molar refractivity (Wildman–Crippen MR) is 288 cm³/mol. The molecule has 72 heavy (non-hydrogen) atoms. The van der Waals surface area contributed by atoms with Crippen molar-refractivity contribution in [2.75, 3.05) is 74.3 Å². The number of esters is 2. The lowest BCUT2D eigenvalue weighted by atomic mass is 9.81. The van der Waals surface area contributed by atoms with Crippen molar-refractivity contribution in [1.29, 1.82) is 0 Å². The number of hydrogen-bond donors (Lipinski definition) is 2. The number of unbranched alkanes of at least 4 members (excludes halogenated alkanes) is 2. The highest BCUT2D eigenvalue weighted by Gasteiger charge is 2.44. The summed E-state index contributed by atoms with van der Waals surface area (Å²) >= 11 is 2.82. The molecule has 4 aromatic carbocycles. The average Bonchev–Trinajstić information content (AvgIpc) is 3.54. The third-order valence-corrected chi connectivity index (χ3v) is 19.2. The molecular formula is C54H74N2O12S4. The van der Waals surface area contributed by atoms with E-state index >= 15 is 0 Å². The van der Waals surface area contributed by atoms with Crippen LogP contribution in [0, 0.1) is 10.8 Å². The number of para-hydroxylation sites is 2. The van der Waals surface area contributed by atoms with Gasteiger partial charge in [-0.3, -0.25) is 0 Å². The molecule has 0 aliphatic carbocycles. The van der Waals surface area contributed by atoms with Gasteiger partial charge in [-0.15, -0.1) is 23.5 Å². The van der Waals surface area contributed by atoms with E-state index in [-0.39, 0.29) is 34.5 Å². The third-order valence-electron chi connectivity index (χ3n) is 13.7. The maximum Gasteiger partial charge on any atom is 0.341 e. The summed E-state index contributed by atoms with van der Waals surface area (Å²) in [5.41, 5.74) is -1.46. The molecular weight excluding hydrogens is 997 g/mol. The van der Waals surface area contributed by atoms with Gasteiger partial charge in [0.05, 0.1) is 56.7 Å². The summed E-state index contributed by atoms with van der Waals surface area (Å²) in [5, 5.41) is 20.9. The maximum absolute atomic E-state index is 13.9. The quantitative estimate of drug-likeness (QED) is 0.0628. The Labute approximate surface area is 436 Å². The fourth-order valence-corrected chi connectivity index (χ4v) is 14.7. The minimum Gasteiger partial charge on any atom is -0.489 e. The first-order valence-corrected chi connectivity index (χ1v) is 30.2. The van der Waals surface area contributed by atoms with Crippen LogP contribution in [0.25, 0.3) is 0 Å². The smallest absolute Gasteiger partial charge is 0.341 e. The van der Waals surface area contributed by atoms with Gasteiger partial charge in [-0.25, -0.2) is 26.4 Å². The van der Waals surface area contributed by atoms with Gasteiger partial charge < -0.3 is 39.0 Å². The van der Waals surface area contributed by atoms with Gasteiger partial charge in [0, 0.05) is 47.4 Å². The Bertz CT molecular complexity index is 2520. The summed E-state index contributed by atoms with van der Waals surface area (Å²) < 4.78 is 76.6. The molecule has 0 spiro atoms. The van der Waals surface area contributed by atoms with Crippen molar-refractivity contribution in [2.24, 2.45) is 10.8 Å². The molecule has 18 heteroatoms. The van der Waals surface area contributed by atoms with Crippen LogP contribution in [-0.4, -0.2) is 115 Å². The van der Waals surface area contributed by atoms with E-state index in [0.717, 1.165) is 62.7 Å². The lowest BCUT2D eigenvalue weighted by Crippen LogP contribution is -2.42. The Morgan fingerprint density at radius 2 is 0.958 bits per heavy atom. The van der Waals surface area contributed by atoms with E-state index in [2.05, 4.69) is 47.0 Å². The normalized spacial score (nSPS) is 20.7. The number of sulfone groups is 2. The first kappa shape index (κ1) is 58.4. The van der Waals surface area contributed by atoms with Crippen LogP contribution in [0.3, 0.4) is 0 Å². The van der Waals surface area contributed by atoms with Crippen LogP contribution in [0.5, 0.6) is 11.5 Å². The summed E-state index contributed by atoms with van der Waals surface area (Å²) in [4.78, 5) is 29.9. The zero-order valence-corrected chi connectivity index (χ0v) is 46.8. The fourth-order valence-electron chi connectivity index (χ4n) is 9.28. The van der Waals surface area contributed by atoms with Gasteiger partial charge in [0.1, 0.15) is 24.7 Å². The van der Waals surface area contributed by atoms with Gasteiger partial charge in [-0.1, -0.05) is 89.8 Å². The van der Waals surface area contributed by atoms with E-state index in [9.17, 15) is 36.6 Å². The van der Waals surface area contributed by atoms with Crippen molar-refractivity contribution in [1.82, 2.24) is 0 Å². The van der Waals surface area contributed by atoms with Crippen molar-refractivity contribution in [2.45, 2.75) is 124 Å². The number of hydrogen-bond acceptors (Lipinski definition) is 16. The highest BCUT2D eigenvalue weighted by atomic mass is 32.2. The van der Waals surface area contributed by atoms with E-state index in [0.29, 0.717) is 45.8 Å². The van der Waals surface area contributed by atoms with Crippen molar-refractivity contribution >= 4 is 77.9 Å². The molecule has 0 bridgehead atoms. The number of rotatable bonds is 20. The first-order valence-electron chi connectivity index (χ1n) is 24.5. The van der Waals surface area contributed by atoms with Crippen molar-refractivity contribution in [3.8, 4) is 11.5 Å². The van der Waals surface area contributed by atoms with Gasteiger partial charge in [-0.2, -0.15) is 0 Å². The molecule has 4 atom stereocenters.